The van der Waals surface area contributed by atoms with E-state index in [1.54, 1.807) is 0 Å². The summed E-state index contributed by atoms with van der Waals surface area (Å²) in [5.41, 5.74) is 7.83. The van der Waals surface area contributed by atoms with Crippen molar-refractivity contribution in [3.8, 4) is 5.75 Å². The molecule has 4 aromatic carbocycles. The summed E-state index contributed by atoms with van der Waals surface area (Å²) in [5.74, 6) is 2.56. The SMILES string of the molecule is CCN1/C(=C\C=C\c2oc3ccccc3[n+]2CC)Oc2ccccc21.CN(C)c1ccc(C(=N)c2ccc(N(C)C)cc2)cc1.Cl.[I-]. The average Bonchev–Trinajstić information content (AvgIpc) is 3.61. The largest absolute Gasteiger partial charge is 1.00 e. The van der Waals surface area contributed by atoms with E-state index in [9.17, 15) is 0 Å². The van der Waals surface area contributed by atoms with E-state index in [2.05, 4.69) is 45.2 Å². The molecule has 246 valence electrons. The number of benzene rings is 4. The van der Waals surface area contributed by atoms with Gasteiger partial charge in [-0.2, -0.15) is 4.57 Å². The van der Waals surface area contributed by atoms with Gasteiger partial charge >= 0.3 is 5.89 Å². The molecule has 0 saturated carbocycles. The van der Waals surface area contributed by atoms with Gasteiger partial charge in [-0.25, -0.2) is 0 Å². The molecule has 0 bridgehead atoms. The van der Waals surface area contributed by atoms with Crippen LogP contribution in [0.25, 0.3) is 17.2 Å². The molecule has 2 heterocycles. The molecule has 9 heteroatoms. The van der Waals surface area contributed by atoms with E-state index in [0.29, 0.717) is 5.71 Å². The van der Waals surface area contributed by atoms with E-state index in [0.717, 1.165) is 69.9 Å². The Morgan fingerprint density at radius 2 is 1.34 bits per heavy atom. The number of allylic oxidation sites excluding steroid dienone is 2. The van der Waals surface area contributed by atoms with Gasteiger partial charge in [0.2, 0.25) is 11.5 Å². The van der Waals surface area contributed by atoms with Crippen LogP contribution in [0, 0.1) is 5.41 Å². The highest BCUT2D eigenvalue weighted by atomic mass is 127. The molecule has 1 aliphatic heterocycles. The minimum Gasteiger partial charge on any atom is -1.00 e. The first-order valence-corrected chi connectivity index (χ1v) is 15.3. The Morgan fingerprint density at radius 3 is 1.89 bits per heavy atom. The maximum absolute atomic E-state index is 8.30. The van der Waals surface area contributed by atoms with E-state index in [4.69, 9.17) is 14.6 Å². The maximum Gasteiger partial charge on any atom is 0.374 e. The maximum atomic E-state index is 8.30. The normalized spacial score (nSPS) is 12.5. The highest BCUT2D eigenvalue weighted by Crippen LogP contribution is 2.38. The van der Waals surface area contributed by atoms with Crippen molar-refractivity contribution < 1.29 is 37.7 Å². The lowest BCUT2D eigenvalue weighted by molar-refractivity contribution is -0.674. The third kappa shape index (κ3) is 8.55. The van der Waals surface area contributed by atoms with Crippen LogP contribution in [-0.2, 0) is 6.54 Å². The zero-order valence-corrected chi connectivity index (χ0v) is 30.7. The lowest BCUT2D eigenvalue weighted by Crippen LogP contribution is -3.00. The number of hydrogen-bond donors (Lipinski definition) is 1. The molecule has 0 unspecified atom stereocenters. The van der Waals surface area contributed by atoms with Crippen LogP contribution in [0.1, 0.15) is 30.9 Å². The first-order chi connectivity index (χ1) is 21.8. The molecular weight excluding hydrogens is 721 g/mol. The van der Waals surface area contributed by atoms with Crippen LogP contribution in [-0.4, -0.2) is 40.4 Å². The number of rotatable bonds is 8. The van der Waals surface area contributed by atoms with Crippen molar-refractivity contribution in [3.05, 3.63) is 132 Å². The molecule has 0 fully saturated rings. The van der Waals surface area contributed by atoms with Crippen molar-refractivity contribution >= 4 is 52.4 Å². The number of nitrogens with one attached hydrogen (secondary N) is 1. The van der Waals surface area contributed by atoms with Gasteiger partial charge in [-0.1, -0.05) is 48.5 Å². The van der Waals surface area contributed by atoms with E-state index in [-0.39, 0.29) is 36.4 Å². The van der Waals surface area contributed by atoms with Crippen molar-refractivity contribution in [3.63, 3.8) is 0 Å². The number of nitrogens with zero attached hydrogens (tertiary/aromatic N) is 4. The van der Waals surface area contributed by atoms with E-state index < -0.39 is 0 Å². The summed E-state index contributed by atoms with van der Waals surface area (Å²) in [5, 5.41) is 8.30. The van der Waals surface area contributed by atoms with Crippen LogP contribution < -0.4 is 48.0 Å². The third-order valence-electron chi connectivity index (χ3n) is 7.73. The Balaban J connectivity index is 0.000000251. The van der Waals surface area contributed by atoms with Crippen LogP contribution in [0.2, 0.25) is 0 Å². The standard InChI is InChI=1S/C21H21N2O2.C17H21N3.ClH.HI/c1-3-22-16-10-5-7-12-18(16)24-20(22)14-9-15-21-23(4-2)17-11-6-8-13-19(17)25-21;1-19(2)15-9-5-13(6-10-15)17(18)14-7-11-16(12-8-14)20(3)4;;/h5-15H,3-4H2,1-2H3;5-12,18H,1-4H3;2*1H/q+1;;;/p-1. The Morgan fingerprint density at radius 1 is 0.787 bits per heavy atom. The summed E-state index contributed by atoms with van der Waals surface area (Å²) in [4.78, 5) is 6.27. The summed E-state index contributed by atoms with van der Waals surface area (Å²) in [7, 11) is 8.06. The van der Waals surface area contributed by atoms with Crippen LogP contribution in [0.3, 0.4) is 0 Å². The van der Waals surface area contributed by atoms with Gasteiger partial charge in [0.1, 0.15) is 6.54 Å². The summed E-state index contributed by atoms with van der Waals surface area (Å²) in [6, 6.07) is 32.3. The highest BCUT2D eigenvalue weighted by Gasteiger charge is 2.24. The van der Waals surface area contributed by atoms with Gasteiger partial charge in [-0.3, -0.25) is 5.41 Å². The molecule has 1 N–H and O–H groups in total. The topological polar surface area (TPSA) is 59.8 Å². The summed E-state index contributed by atoms with van der Waals surface area (Å²) in [6.07, 6.45) is 5.95. The predicted molar refractivity (Wildman–Crippen MR) is 194 cm³/mol. The van der Waals surface area contributed by atoms with Gasteiger partial charge < -0.3 is 47.8 Å². The molecule has 0 spiro atoms. The molecular formula is C38H43ClIN5O2. The molecule has 0 saturated heterocycles. The first-order valence-electron chi connectivity index (χ1n) is 15.3. The monoisotopic (exact) mass is 763 g/mol. The second kappa shape index (κ2) is 17.0. The number of anilines is 3. The minimum atomic E-state index is 0. The Kier molecular flexibility index (Phi) is 13.5. The van der Waals surface area contributed by atoms with Gasteiger partial charge in [0.25, 0.3) is 5.52 Å². The summed E-state index contributed by atoms with van der Waals surface area (Å²) >= 11 is 0. The zero-order chi connectivity index (χ0) is 31.9. The molecule has 1 aromatic heterocycles. The molecule has 5 aromatic rings. The number of oxazole rings is 1. The fourth-order valence-corrected chi connectivity index (χ4v) is 5.24. The quantitative estimate of drug-likeness (QED) is 0.134. The molecule has 7 nitrogen and oxygen atoms in total. The van der Waals surface area contributed by atoms with Gasteiger partial charge in [-0.05, 0) is 68.5 Å². The second-order valence-corrected chi connectivity index (χ2v) is 11.1. The van der Waals surface area contributed by atoms with E-state index in [1.807, 2.05) is 131 Å². The summed E-state index contributed by atoms with van der Waals surface area (Å²) in [6.45, 7) is 5.95. The van der Waals surface area contributed by atoms with Crippen molar-refractivity contribution in [2.24, 2.45) is 0 Å². The number of hydrogen-bond acceptors (Lipinski definition) is 6. The van der Waals surface area contributed by atoms with Gasteiger partial charge in [0.15, 0.2) is 5.75 Å². The number of para-hydroxylation sites is 4. The Labute approximate surface area is 301 Å². The predicted octanol–water partition coefficient (Wildman–Crippen LogP) is 5.17. The second-order valence-electron chi connectivity index (χ2n) is 11.1. The average molecular weight is 764 g/mol. The lowest BCUT2D eigenvalue weighted by atomic mass is 10.0. The zero-order valence-electron chi connectivity index (χ0n) is 27.8. The molecule has 0 aliphatic carbocycles. The molecule has 6 rings (SSSR count). The smallest absolute Gasteiger partial charge is 0.374 e. The Bertz CT molecular complexity index is 1780. The molecule has 47 heavy (non-hydrogen) atoms. The third-order valence-corrected chi connectivity index (χ3v) is 7.73. The highest BCUT2D eigenvalue weighted by molar-refractivity contribution is 6.11. The fraction of sp³-hybridized carbons (Fsp3) is 0.211. The summed E-state index contributed by atoms with van der Waals surface area (Å²) < 4.78 is 14.1. The Hall–Kier alpha value is -4.28. The molecule has 1 aliphatic rings. The lowest BCUT2D eigenvalue weighted by Gasteiger charge is -2.14. The molecule has 0 amide bonds. The minimum absolute atomic E-state index is 0. The first kappa shape index (κ1) is 37.2. The van der Waals surface area contributed by atoms with Crippen molar-refractivity contribution in [2.75, 3.05) is 49.4 Å². The van der Waals surface area contributed by atoms with Crippen LogP contribution >= 0.6 is 12.4 Å². The van der Waals surface area contributed by atoms with E-state index in [1.165, 1.54) is 0 Å². The number of aromatic nitrogens is 1. The van der Waals surface area contributed by atoms with Crippen LogP contribution in [0.5, 0.6) is 5.75 Å². The van der Waals surface area contributed by atoms with Crippen LogP contribution in [0.15, 0.2) is 120 Å². The van der Waals surface area contributed by atoms with Crippen molar-refractivity contribution in [2.45, 2.75) is 20.4 Å². The number of ether oxygens (including phenoxy) is 1. The number of aryl methyl sites for hydroxylation is 1. The van der Waals surface area contributed by atoms with Gasteiger partial charge in [0.05, 0.1) is 17.5 Å². The molecule has 0 radical (unpaired) electrons. The number of halogens is 2. The van der Waals surface area contributed by atoms with Gasteiger partial charge in [-0.15, -0.1) is 12.4 Å². The molecule has 0 atom stereocenters. The van der Waals surface area contributed by atoms with Crippen LogP contribution in [0.4, 0.5) is 17.1 Å². The van der Waals surface area contributed by atoms with Crippen molar-refractivity contribution in [1.29, 1.82) is 5.41 Å². The number of fused-ring (bicyclic) bond motifs is 2. The fourth-order valence-electron chi connectivity index (χ4n) is 5.24. The van der Waals surface area contributed by atoms with Crippen molar-refractivity contribution in [1.82, 2.24) is 0 Å². The van der Waals surface area contributed by atoms with Gasteiger partial charge in [0, 0.05) is 63.3 Å². The van der Waals surface area contributed by atoms with E-state index >= 15 is 0 Å².